The van der Waals surface area contributed by atoms with Crippen LogP contribution in [0.5, 0.6) is 0 Å². The van der Waals surface area contributed by atoms with Gasteiger partial charge in [-0.25, -0.2) is 4.39 Å². The Kier molecular flexibility index (Phi) is 9.23. The number of nitrogens with one attached hydrogen (secondary N) is 1. The molecule has 1 unspecified atom stereocenters. The molecule has 0 spiro atoms. The third-order valence-corrected chi connectivity index (χ3v) is 5.70. The Balaban J connectivity index is 0.00000280. The lowest BCUT2D eigenvalue weighted by Crippen LogP contribution is -2.55. The van der Waals surface area contributed by atoms with Gasteiger partial charge in [-0.15, -0.1) is 24.0 Å². The van der Waals surface area contributed by atoms with Gasteiger partial charge in [0.2, 0.25) is 0 Å². The number of hydrogen-bond donors (Lipinski definition) is 1. The number of benzene rings is 1. The van der Waals surface area contributed by atoms with Crippen LogP contribution in [0.2, 0.25) is 0 Å². The SMILES string of the molecule is CN=C(NCC(C)N1CCN(C)CC1)N1CCN(c2ccccc2F)CC1.I. The number of halogens is 2. The van der Waals surface area contributed by atoms with Crippen molar-refractivity contribution >= 4 is 35.6 Å². The van der Waals surface area contributed by atoms with E-state index in [0.29, 0.717) is 11.7 Å². The molecule has 1 N–H and O–H groups in total. The molecule has 0 bridgehead atoms. The number of aliphatic imine (C=N–C) groups is 1. The molecular weight excluding hydrogens is 470 g/mol. The first-order valence-corrected chi connectivity index (χ1v) is 9.96. The first-order chi connectivity index (χ1) is 13.1. The zero-order valence-corrected chi connectivity index (χ0v) is 19.6. The molecule has 1 atom stereocenters. The second-order valence-corrected chi connectivity index (χ2v) is 7.54. The summed E-state index contributed by atoms with van der Waals surface area (Å²) in [5.41, 5.74) is 0.698. The van der Waals surface area contributed by atoms with Crippen molar-refractivity contribution in [2.24, 2.45) is 4.99 Å². The van der Waals surface area contributed by atoms with Gasteiger partial charge < -0.3 is 20.0 Å². The lowest BCUT2D eigenvalue weighted by atomic mass is 10.2. The Bertz CT molecular complexity index is 627. The van der Waals surface area contributed by atoms with Crippen molar-refractivity contribution in [1.29, 1.82) is 0 Å². The summed E-state index contributed by atoms with van der Waals surface area (Å²) in [7, 11) is 4.02. The molecule has 1 aromatic carbocycles. The number of anilines is 1. The predicted molar refractivity (Wildman–Crippen MR) is 125 cm³/mol. The third-order valence-electron chi connectivity index (χ3n) is 5.70. The van der Waals surface area contributed by atoms with Crippen molar-refractivity contribution in [3.63, 3.8) is 0 Å². The van der Waals surface area contributed by atoms with E-state index in [1.807, 2.05) is 19.2 Å². The number of nitrogens with zero attached hydrogens (tertiary/aromatic N) is 5. The zero-order valence-electron chi connectivity index (χ0n) is 17.3. The summed E-state index contributed by atoms with van der Waals surface area (Å²) in [5, 5.41) is 3.54. The van der Waals surface area contributed by atoms with E-state index in [2.05, 4.69) is 43.9 Å². The summed E-state index contributed by atoms with van der Waals surface area (Å²) in [6.07, 6.45) is 0. The summed E-state index contributed by atoms with van der Waals surface area (Å²) in [5.74, 6) is 0.804. The third kappa shape index (κ3) is 5.93. The van der Waals surface area contributed by atoms with E-state index in [4.69, 9.17) is 0 Å². The maximum atomic E-state index is 14.0. The molecule has 0 aliphatic carbocycles. The molecule has 2 aliphatic heterocycles. The maximum Gasteiger partial charge on any atom is 0.193 e. The van der Waals surface area contributed by atoms with Crippen LogP contribution >= 0.6 is 24.0 Å². The van der Waals surface area contributed by atoms with Gasteiger partial charge >= 0.3 is 0 Å². The molecule has 0 radical (unpaired) electrons. The fourth-order valence-electron chi connectivity index (χ4n) is 3.83. The predicted octanol–water partition coefficient (Wildman–Crippen LogP) is 1.78. The molecule has 1 aromatic rings. The van der Waals surface area contributed by atoms with Gasteiger partial charge in [-0.05, 0) is 26.1 Å². The zero-order chi connectivity index (χ0) is 19.2. The number of guanidine groups is 1. The molecule has 3 rings (SSSR count). The van der Waals surface area contributed by atoms with Crippen molar-refractivity contribution in [1.82, 2.24) is 20.0 Å². The number of piperazine rings is 2. The van der Waals surface area contributed by atoms with E-state index in [0.717, 1.165) is 64.9 Å². The monoisotopic (exact) mass is 504 g/mol. The lowest BCUT2D eigenvalue weighted by molar-refractivity contribution is 0.119. The molecule has 2 aliphatic rings. The minimum absolute atomic E-state index is 0. The first-order valence-electron chi connectivity index (χ1n) is 9.96. The Hall–Kier alpha value is -1.13. The number of likely N-dealkylation sites (N-methyl/N-ethyl adjacent to an activating group) is 1. The highest BCUT2D eigenvalue weighted by Gasteiger charge is 2.23. The molecule has 0 saturated carbocycles. The maximum absolute atomic E-state index is 14.0. The van der Waals surface area contributed by atoms with Gasteiger partial charge in [0.05, 0.1) is 5.69 Å². The standard InChI is InChI=1S/C20H33FN6.HI/c1-17(25-10-8-24(3)9-11-25)16-23-20(22-2)27-14-12-26(13-15-27)19-7-5-4-6-18(19)21;/h4-7,17H,8-16H2,1-3H3,(H,22,23);1H. The minimum Gasteiger partial charge on any atom is -0.366 e. The molecule has 6 nitrogen and oxygen atoms in total. The molecule has 2 heterocycles. The van der Waals surface area contributed by atoms with Crippen LogP contribution < -0.4 is 10.2 Å². The van der Waals surface area contributed by atoms with E-state index in [9.17, 15) is 4.39 Å². The normalized spacial score (nSPS) is 20.6. The summed E-state index contributed by atoms with van der Waals surface area (Å²) in [6.45, 7) is 11.0. The second kappa shape index (κ2) is 11.2. The summed E-state index contributed by atoms with van der Waals surface area (Å²) < 4.78 is 14.0. The van der Waals surface area contributed by atoms with Crippen LogP contribution in [0.1, 0.15) is 6.92 Å². The largest absolute Gasteiger partial charge is 0.366 e. The van der Waals surface area contributed by atoms with Crippen LogP contribution in [0, 0.1) is 5.82 Å². The van der Waals surface area contributed by atoms with Crippen LogP contribution in [-0.4, -0.2) is 99.7 Å². The van der Waals surface area contributed by atoms with E-state index in [1.54, 1.807) is 6.07 Å². The van der Waals surface area contributed by atoms with E-state index in [1.165, 1.54) is 6.07 Å². The quantitative estimate of drug-likeness (QED) is 0.385. The molecule has 0 amide bonds. The van der Waals surface area contributed by atoms with E-state index in [-0.39, 0.29) is 29.8 Å². The average Bonchev–Trinajstić information content (AvgIpc) is 2.70. The fraction of sp³-hybridized carbons (Fsp3) is 0.650. The fourth-order valence-corrected chi connectivity index (χ4v) is 3.83. The summed E-state index contributed by atoms with van der Waals surface area (Å²) >= 11 is 0. The smallest absolute Gasteiger partial charge is 0.193 e. The van der Waals surface area contributed by atoms with Gasteiger partial charge in [0.15, 0.2) is 5.96 Å². The van der Waals surface area contributed by atoms with Gasteiger partial charge in [-0.3, -0.25) is 9.89 Å². The van der Waals surface area contributed by atoms with Crippen molar-refractivity contribution in [2.45, 2.75) is 13.0 Å². The molecule has 8 heteroatoms. The Morgan fingerprint density at radius 2 is 1.71 bits per heavy atom. The molecule has 0 aromatic heterocycles. The Morgan fingerprint density at radius 1 is 1.07 bits per heavy atom. The highest BCUT2D eigenvalue weighted by atomic mass is 127. The van der Waals surface area contributed by atoms with E-state index >= 15 is 0 Å². The van der Waals surface area contributed by atoms with Crippen molar-refractivity contribution in [2.75, 3.05) is 77.9 Å². The molecule has 158 valence electrons. The van der Waals surface area contributed by atoms with Crippen LogP contribution in [0.15, 0.2) is 29.3 Å². The topological polar surface area (TPSA) is 37.4 Å². The highest BCUT2D eigenvalue weighted by molar-refractivity contribution is 14.0. The summed E-state index contributed by atoms with van der Waals surface area (Å²) in [6, 6.07) is 7.50. The Morgan fingerprint density at radius 3 is 2.32 bits per heavy atom. The summed E-state index contributed by atoms with van der Waals surface area (Å²) in [4.78, 5) is 13.8. The number of hydrogen-bond acceptors (Lipinski definition) is 4. The van der Waals surface area contributed by atoms with Gasteiger partial charge in [0.1, 0.15) is 5.82 Å². The van der Waals surface area contributed by atoms with Crippen molar-refractivity contribution in [3.8, 4) is 0 Å². The van der Waals surface area contributed by atoms with Crippen LogP contribution in [0.3, 0.4) is 0 Å². The number of rotatable bonds is 4. The lowest BCUT2D eigenvalue weighted by Gasteiger charge is -2.39. The van der Waals surface area contributed by atoms with E-state index < -0.39 is 0 Å². The van der Waals surface area contributed by atoms with Crippen LogP contribution in [0.4, 0.5) is 10.1 Å². The molecule has 28 heavy (non-hydrogen) atoms. The second-order valence-electron chi connectivity index (χ2n) is 7.54. The van der Waals surface area contributed by atoms with Gasteiger partial charge in [0.25, 0.3) is 0 Å². The molecule has 2 fully saturated rings. The Labute approximate surface area is 185 Å². The highest BCUT2D eigenvalue weighted by Crippen LogP contribution is 2.20. The molecule has 2 saturated heterocycles. The van der Waals surface area contributed by atoms with Crippen LogP contribution in [0.25, 0.3) is 0 Å². The van der Waals surface area contributed by atoms with Gasteiger partial charge in [-0.1, -0.05) is 12.1 Å². The van der Waals surface area contributed by atoms with Gasteiger partial charge in [0, 0.05) is 72.0 Å². The number of para-hydroxylation sites is 1. The van der Waals surface area contributed by atoms with Crippen LogP contribution in [-0.2, 0) is 0 Å². The first kappa shape index (κ1) is 23.2. The average molecular weight is 504 g/mol. The molecular formula is C20H34FIN6. The van der Waals surface area contributed by atoms with Crippen molar-refractivity contribution in [3.05, 3.63) is 30.1 Å². The minimum atomic E-state index is -0.144. The van der Waals surface area contributed by atoms with Gasteiger partial charge in [-0.2, -0.15) is 0 Å². The van der Waals surface area contributed by atoms with Crippen molar-refractivity contribution < 1.29 is 4.39 Å².